The summed E-state index contributed by atoms with van der Waals surface area (Å²) in [6, 6.07) is 10.4. The third-order valence-electron chi connectivity index (χ3n) is 5.35. The van der Waals surface area contributed by atoms with Gasteiger partial charge < -0.3 is 24.8 Å². The largest absolute Gasteiger partial charge is 0.384 e. The number of ether oxygens (including phenoxy) is 1. The number of aliphatic imine (C=N–C) groups is 1. The number of para-hydroxylation sites is 1. The molecule has 1 N–H and O–H groups in total. The van der Waals surface area contributed by atoms with Crippen molar-refractivity contribution >= 4 is 17.6 Å². The number of nitrogens with one attached hydrogen (secondary N) is 1. The molecule has 2 saturated heterocycles. The second kappa shape index (κ2) is 9.60. The number of carbonyl (C=O) groups is 1. The number of hydrogen-bond acceptors (Lipinski definition) is 4. The van der Waals surface area contributed by atoms with Gasteiger partial charge in [0, 0.05) is 65.0 Å². The highest BCUT2D eigenvalue weighted by molar-refractivity contribution is 5.86. The van der Waals surface area contributed by atoms with Crippen LogP contribution in [0.25, 0.3) is 0 Å². The first-order valence-electron chi connectivity index (χ1n) is 9.73. The van der Waals surface area contributed by atoms with Crippen LogP contribution in [0.4, 0.5) is 5.69 Å². The second-order valence-electron chi connectivity index (χ2n) is 7.16. The first-order valence-corrected chi connectivity index (χ1v) is 9.73. The summed E-state index contributed by atoms with van der Waals surface area (Å²) >= 11 is 0. The number of anilines is 1. The fourth-order valence-corrected chi connectivity index (χ4v) is 3.85. The van der Waals surface area contributed by atoms with Gasteiger partial charge in [-0.2, -0.15) is 0 Å². The lowest BCUT2D eigenvalue weighted by molar-refractivity contribution is -0.130. The highest BCUT2D eigenvalue weighted by atomic mass is 16.5. The Balaban J connectivity index is 1.43. The lowest BCUT2D eigenvalue weighted by Gasteiger charge is -2.36. The monoisotopic (exact) mass is 373 g/mol. The van der Waals surface area contributed by atoms with Crippen LogP contribution in [0.1, 0.15) is 6.42 Å². The van der Waals surface area contributed by atoms with Crippen molar-refractivity contribution in [1.82, 2.24) is 15.1 Å². The smallest absolute Gasteiger partial charge is 0.242 e. The van der Waals surface area contributed by atoms with Crippen LogP contribution in [0, 0.1) is 5.92 Å². The fourth-order valence-electron chi connectivity index (χ4n) is 3.85. The number of piperazine rings is 1. The molecular weight excluding hydrogens is 342 g/mol. The molecule has 148 valence electrons. The molecule has 0 aromatic heterocycles. The molecule has 2 heterocycles. The van der Waals surface area contributed by atoms with E-state index in [-0.39, 0.29) is 5.91 Å². The first kappa shape index (κ1) is 19.5. The van der Waals surface area contributed by atoms with Crippen LogP contribution in [0.5, 0.6) is 0 Å². The minimum Gasteiger partial charge on any atom is -0.384 e. The summed E-state index contributed by atoms with van der Waals surface area (Å²) in [6.07, 6.45) is 1.10. The summed E-state index contributed by atoms with van der Waals surface area (Å²) in [5.74, 6) is 1.48. The molecule has 2 fully saturated rings. The average Bonchev–Trinajstić information content (AvgIpc) is 3.18. The van der Waals surface area contributed by atoms with Crippen molar-refractivity contribution in [2.75, 3.05) is 71.5 Å². The molecule has 2 aliphatic heterocycles. The van der Waals surface area contributed by atoms with E-state index in [1.165, 1.54) is 5.69 Å². The van der Waals surface area contributed by atoms with E-state index in [0.29, 0.717) is 12.5 Å². The van der Waals surface area contributed by atoms with Crippen LogP contribution in [0.15, 0.2) is 35.3 Å². The van der Waals surface area contributed by atoms with Gasteiger partial charge in [0.1, 0.15) is 0 Å². The van der Waals surface area contributed by atoms with E-state index in [4.69, 9.17) is 4.74 Å². The minimum atomic E-state index is 0.136. The third kappa shape index (κ3) is 5.13. The summed E-state index contributed by atoms with van der Waals surface area (Å²) in [7, 11) is 3.51. The predicted molar refractivity (Wildman–Crippen MR) is 108 cm³/mol. The SMILES string of the molecule is CN=C(NCC(=O)N1CCN(c2ccccc2)CC1)N1CCC(COC)C1. The Hall–Kier alpha value is -2.28. The van der Waals surface area contributed by atoms with Crippen molar-refractivity contribution in [2.24, 2.45) is 10.9 Å². The van der Waals surface area contributed by atoms with E-state index in [2.05, 4.69) is 44.4 Å². The first-order chi connectivity index (χ1) is 13.2. The van der Waals surface area contributed by atoms with Gasteiger partial charge >= 0.3 is 0 Å². The van der Waals surface area contributed by atoms with E-state index >= 15 is 0 Å². The summed E-state index contributed by atoms with van der Waals surface area (Å²) in [5, 5.41) is 3.24. The maximum atomic E-state index is 12.6. The van der Waals surface area contributed by atoms with Gasteiger partial charge in [-0.1, -0.05) is 18.2 Å². The van der Waals surface area contributed by atoms with E-state index in [0.717, 1.165) is 58.3 Å². The molecule has 3 rings (SSSR count). The normalized spacial score (nSPS) is 20.9. The van der Waals surface area contributed by atoms with Gasteiger partial charge in [0.05, 0.1) is 13.2 Å². The molecule has 0 spiro atoms. The average molecular weight is 374 g/mol. The zero-order valence-corrected chi connectivity index (χ0v) is 16.4. The van der Waals surface area contributed by atoms with E-state index in [1.807, 2.05) is 11.0 Å². The van der Waals surface area contributed by atoms with Crippen molar-refractivity contribution in [3.8, 4) is 0 Å². The summed E-state index contributed by atoms with van der Waals surface area (Å²) < 4.78 is 5.25. The molecule has 7 heteroatoms. The maximum absolute atomic E-state index is 12.6. The van der Waals surface area contributed by atoms with E-state index < -0.39 is 0 Å². The van der Waals surface area contributed by atoms with Gasteiger partial charge in [-0.3, -0.25) is 9.79 Å². The number of carbonyl (C=O) groups excluding carboxylic acids is 1. The van der Waals surface area contributed by atoms with Gasteiger partial charge in [-0.05, 0) is 18.6 Å². The number of nitrogens with zero attached hydrogens (tertiary/aromatic N) is 4. The Morgan fingerprint density at radius 3 is 2.56 bits per heavy atom. The molecule has 7 nitrogen and oxygen atoms in total. The number of hydrogen-bond donors (Lipinski definition) is 1. The molecule has 0 aliphatic carbocycles. The lowest BCUT2D eigenvalue weighted by Crippen LogP contribution is -2.52. The Kier molecular flexibility index (Phi) is 6.92. The standard InChI is InChI=1S/C20H31N5O2/c1-21-20(25-9-8-17(15-25)16-27-2)22-14-19(26)24-12-10-23(11-13-24)18-6-4-3-5-7-18/h3-7,17H,8-16H2,1-2H3,(H,21,22). The molecule has 0 radical (unpaired) electrons. The van der Waals surface area contributed by atoms with Gasteiger partial charge in [0.15, 0.2) is 5.96 Å². The van der Waals surface area contributed by atoms with Crippen molar-refractivity contribution in [1.29, 1.82) is 0 Å². The minimum absolute atomic E-state index is 0.136. The van der Waals surface area contributed by atoms with Crippen LogP contribution in [0.3, 0.4) is 0 Å². The molecule has 1 unspecified atom stereocenters. The quantitative estimate of drug-likeness (QED) is 0.613. The molecule has 2 aliphatic rings. The van der Waals surface area contributed by atoms with Crippen LogP contribution < -0.4 is 10.2 Å². The second-order valence-corrected chi connectivity index (χ2v) is 7.16. The summed E-state index contributed by atoms with van der Waals surface area (Å²) in [5.41, 5.74) is 1.22. The van der Waals surface area contributed by atoms with Gasteiger partial charge in [0.2, 0.25) is 5.91 Å². The zero-order valence-electron chi connectivity index (χ0n) is 16.4. The molecule has 0 bridgehead atoms. The number of guanidine groups is 1. The van der Waals surface area contributed by atoms with Crippen LogP contribution in [0.2, 0.25) is 0 Å². The van der Waals surface area contributed by atoms with Crippen LogP contribution in [-0.4, -0.2) is 88.2 Å². The molecule has 1 amide bonds. The number of amides is 1. The van der Waals surface area contributed by atoms with Crippen LogP contribution in [-0.2, 0) is 9.53 Å². The van der Waals surface area contributed by atoms with E-state index in [1.54, 1.807) is 14.2 Å². The number of likely N-dealkylation sites (tertiary alicyclic amines) is 1. The topological polar surface area (TPSA) is 60.4 Å². The molecule has 0 saturated carbocycles. The van der Waals surface area contributed by atoms with Crippen molar-refractivity contribution < 1.29 is 9.53 Å². The predicted octanol–water partition coefficient (Wildman–Crippen LogP) is 0.879. The Morgan fingerprint density at radius 2 is 1.89 bits per heavy atom. The Morgan fingerprint density at radius 1 is 1.15 bits per heavy atom. The van der Waals surface area contributed by atoms with Gasteiger partial charge in [-0.15, -0.1) is 0 Å². The molecular formula is C20H31N5O2. The highest BCUT2D eigenvalue weighted by Crippen LogP contribution is 2.17. The molecule has 27 heavy (non-hydrogen) atoms. The fraction of sp³-hybridized carbons (Fsp3) is 0.600. The van der Waals surface area contributed by atoms with Gasteiger partial charge in [-0.25, -0.2) is 0 Å². The number of methoxy groups -OCH3 is 1. The lowest BCUT2D eigenvalue weighted by atomic mass is 10.1. The Labute approximate surface area is 162 Å². The third-order valence-corrected chi connectivity index (χ3v) is 5.35. The van der Waals surface area contributed by atoms with Crippen molar-refractivity contribution in [3.63, 3.8) is 0 Å². The van der Waals surface area contributed by atoms with Crippen molar-refractivity contribution in [3.05, 3.63) is 30.3 Å². The van der Waals surface area contributed by atoms with Gasteiger partial charge in [0.25, 0.3) is 0 Å². The molecule has 1 aromatic rings. The summed E-state index contributed by atoms with van der Waals surface area (Å²) in [6.45, 7) is 6.21. The van der Waals surface area contributed by atoms with Crippen LogP contribution >= 0.6 is 0 Å². The van der Waals surface area contributed by atoms with E-state index in [9.17, 15) is 4.79 Å². The summed E-state index contributed by atoms with van der Waals surface area (Å²) in [4.78, 5) is 23.4. The highest BCUT2D eigenvalue weighted by Gasteiger charge is 2.26. The zero-order chi connectivity index (χ0) is 19.1. The van der Waals surface area contributed by atoms with Crippen molar-refractivity contribution in [2.45, 2.75) is 6.42 Å². The number of rotatable bonds is 5. The Bertz CT molecular complexity index is 629. The maximum Gasteiger partial charge on any atom is 0.242 e. The number of benzene rings is 1. The molecule has 1 atom stereocenters. The molecule has 1 aromatic carbocycles.